The second-order valence-corrected chi connectivity index (χ2v) is 11.5. The van der Waals surface area contributed by atoms with E-state index in [0.29, 0.717) is 12.3 Å². The van der Waals surface area contributed by atoms with Crippen molar-refractivity contribution in [1.29, 1.82) is 0 Å². The van der Waals surface area contributed by atoms with E-state index in [1.165, 1.54) is 5.38 Å². The molecule has 3 heterocycles. The van der Waals surface area contributed by atoms with Gasteiger partial charge in [0.2, 0.25) is 16.9 Å². The number of oxime groups is 1. The van der Waals surface area contributed by atoms with Gasteiger partial charge in [-0.1, -0.05) is 5.16 Å². The van der Waals surface area contributed by atoms with Crippen molar-refractivity contribution in [3.8, 4) is 5.75 Å². The highest BCUT2D eigenvalue weighted by Crippen LogP contribution is 2.24. The Balaban J connectivity index is 1.73. The summed E-state index contributed by atoms with van der Waals surface area (Å²) in [7, 11) is -5.18. The number of hydrogen-bond acceptors (Lipinski definition) is 15. The van der Waals surface area contributed by atoms with Gasteiger partial charge in [-0.2, -0.15) is 13.1 Å². The molecule has 2 atom stereocenters. The van der Waals surface area contributed by atoms with Gasteiger partial charge in [0.1, 0.15) is 17.4 Å². The SMILES string of the molecule is CC(C)(O/N=C(\C(=O)N[C@@H]1C(=O)N(S(=O)(=O)O)[C@@H]1CNC(=O)CNC(=O)c1cc(=O)c(O)cn1O)c1csc(N)n1)C(=O)O. The van der Waals surface area contributed by atoms with E-state index in [9.17, 15) is 57.2 Å². The van der Waals surface area contributed by atoms with Crippen LogP contribution in [0.15, 0.2) is 27.6 Å². The van der Waals surface area contributed by atoms with Gasteiger partial charge in [-0.05, 0) is 13.8 Å². The average Bonchev–Trinajstić information content (AvgIpc) is 3.34. The first-order valence-corrected chi connectivity index (χ1v) is 14.1. The van der Waals surface area contributed by atoms with E-state index in [0.717, 1.165) is 25.2 Å². The lowest BCUT2D eigenvalue weighted by Crippen LogP contribution is -2.74. The van der Waals surface area contributed by atoms with Gasteiger partial charge in [-0.15, -0.1) is 11.3 Å². The molecule has 2 aromatic rings. The maximum atomic E-state index is 13.1. The Labute approximate surface area is 249 Å². The van der Waals surface area contributed by atoms with Gasteiger partial charge in [-0.3, -0.25) is 28.5 Å². The van der Waals surface area contributed by atoms with Crippen LogP contribution in [-0.2, 0) is 34.3 Å². The minimum absolute atomic E-state index is 0.0179. The molecule has 0 radical (unpaired) electrons. The zero-order valence-corrected chi connectivity index (χ0v) is 24.1. The van der Waals surface area contributed by atoms with Crippen LogP contribution in [0.25, 0.3) is 0 Å². The second kappa shape index (κ2) is 12.5. The number of carboxylic acids is 1. The molecule has 3 rings (SSSR count). The van der Waals surface area contributed by atoms with Crippen LogP contribution in [-0.4, -0.2) is 108 Å². The Morgan fingerprint density at radius 2 is 1.89 bits per heavy atom. The molecule has 0 bridgehead atoms. The number of pyridine rings is 1. The van der Waals surface area contributed by atoms with E-state index in [-0.39, 0.29) is 19.9 Å². The molecule has 238 valence electrons. The van der Waals surface area contributed by atoms with E-state index < -0.39 is 93.3 Å². The lowest BCUT2D eigenvalue weighted by Gasteiger charge is -2.44. The van der Waals surface area contributed by atoms with Crippen LogP contribution in [0.3, 0.4) is 0 Å². The Kier molecular flexibility index (Phi) is 9.45. The minimum atomic E-state index is -5.18. The van der Waals surface area contributed by atoms with Crippen molar-refractivity contribution in [2.75, 3.05) is 18.8 Å². The van der Waals surface area contributed by atoms with E-state index in [1.807, 2.05) is 0 Å². The largest absolute Gasteiger partial charge is 0.503 e. The van der Waals surface area contributed by atoms with Gasteiger partial charge >= 0.3 is 16.3 Å². The quantitative estimate of drug-likeness (QED) is 0.0359. The first-order chi connectivity index (χ1) is 20.3. The summed E-state index contributed by atoms with van der Waals surface area (Å²) in [6.45, 7) is 0.749. The lowest BCUT2D eigenvalue weighted by atomic mass is 9.98. The molecule has 23 heteroatoms. The number of nitrogens with one attached hydrogen (secondary N) is 3. The Hall–Kier alpha value is -5.29. The highest BCUT2D eigenvalue weighted by atomic mass is 32.2. The Morgan fingerprint density at radius 1 is 1.23 bits per heavy atom. The van der Waals surface area contributed by atoms with Crippen LogP contribution in [0.5, 0.6) is 5.75 Å². The van der Waals surface area contributed by atoms with Crippen molar-refractivity contribution in [3.63, 3.8) is 0 Å². The molecule has 0 spiro atoms. The number of aromatic nitrogens is 2. The van der Waals surface area contributed by atoms with Crippen LogP contribution < -0.4 is 27.1 Å². The first-order valence-electron chi connectivity index (χ1n) is 11.9. The summed E-state index contributed by atoms with van der Waals surface area (Å²) >= 11 is 0.879. The minimum Gasteiger partial charge on any atom is -0.503 e. The van der Waals surface area contributed by atoms with Crippen LogP contribution in [0.2, 0.25) is 0 Å². The van der Waals surface area contributed by atoms with Crippen molar-refractivity contribution in [3.05, 3.63) is 39.3 Å². The normalized spacial score (nSPS) is 16.9. The average molecular weight is 661 g/mol. The molecule has 4 amide bonds. The van der Waals surface area contributed by atoms with Gasteiger partial charge in [0.05, 0.1) is 18.8 Å². The molecule has 1 aliphatic rings. The third-order valence-electron chi connectivity index (χ3n) is 5.73. The summed E-state index contributed by atoms with van der Waals surface area (Å²) < 4.78 is 33.2. The number of aliphatic carboxylic acids is 1. The van der Waals surface area contributed by atoms with Crippen molar-refractivity contribution in [2.24, 2.45) is 5.16 Å². The predicted octanol–water partition coefficient (Wildman–Crippen LogP) is -3.54. The zero-order valence-electron chi connectivity index (χ0n) is 22.4. The lowest BCUT2D eigenvalue weighted by molar-refractivity contribution is -0.161. The highest BCUT2D eigenvalue weighted by Gasteiger charge is 2.54. The summed E-state index contributed by atoms with van der Waals surface area (Å²) in [6.07, 6.45) is 0.544. The molecule has 0 saturated carbocycles. The van der Waals surface area contributed by atoms with Crippen molar-refractivity contribution < 1.29 is 57.2 Å². The molecule has 44 heavy (non-hydrogen) atoms. The molecule has 0 unspecified atom stereocenters. The highest BCUT2D eigenvalue weighted by molar-refractivity contribution is 7.84. The number of carbonyl (C=O) groups excluding carboxylic acids is 4. The smallest absolute Gasteiger partial charge is 0.362 e. The number of carboxylic acid groups (broad SMARTS) is 1. The van der Waals surface area contributed by atoms with Gasteiger partial charge in [0, 0.05) is 18.0 Å². The van der Waals surface area contributed by atoms with Gasteiger partial charge in [-0.25, -0.2) is 14.1 Å². The number of aromatic hydroxyl groups is 1. The fraction of sp³-hybridized carbons (Fsp3) is 0.333. The molecule has 0 aromatic carbocycles. The summed E-state index contributed by atoms with van der Waals surface area (Å²) in [5, 5.41) is 39.4. The molecule has 0 aliphatic carbocycles. The standard InChI is InChI=1S/C21H24N8O13S2/c1-21(2,19(36)37)42-27-14(8-7-43-20(22)25-8)17(34)26-15-10(29(18(15)35)44(39,40)41)4-23-13(32)5-24-16(33)9-3-11(30)12(31)6-28(9)38/h3,6-7,10,15,31,38H,4-5H2,1-2H3,(H2,22,25)(H,23,32)(H,24,33)(H,26,34)(H,36,37)(H,39,40,41)/b27-14-/t10-,15+/m1/s1. The van der Waals surface area contributed by atoms with Crippen LogP contribution >= 0.6 is 11.3 Å². The van der Waals surface area contributed by atoms with E-state index in [1.54, 1.807) is 0 Å². The van der Waals surface area contributed by atoms with Gasteiger partial charge < -0.3 is 41.9 Å². The molecule has 1 aliphatic heterocycles. The molecule has 1 fully saturated rings. The molecular formula is C21H24N8O13S2. The number of nitrogen functional groups attached to an aromatic ring is 1. The Bertz CT molecular complexity index is 1720. The fourth-order valence-electron chi connectivity index (χ4n) is 3.39. The summed E-state index contributed by atoms with van der Waals surface area (Å²) in [5.41, 5.74) is 1.20. The van der Waals surface area contributed by atoms with Crippen molar-refractivity contribution in [1.82, 2.24) is 30.0 Å². The number of nitrogens with two attached hydrogens (primary N) is 1. The van der Waals surface area contributed by atoms with E-state index >= 15 is 0 Å². The first kappa shape index (κ1) is 33.2. The van der Waals surface area contributed by atoms with Crippen LogP contribution in [0, 0.1) is 0 Å². The van der Waals surface area contributed by atoms with E-state index in [2.05, 4.69) is 26.1 Å². The van der Waals surface area contributed by atoms with Gasteiger partial charge in [0.15, 0.2) is 16.6 Å². The number of hydrogen-bond donors (Lipinski definition) is 8. The molecule has 21 nitrogen and oxygen atoms in total. The zero-order chi connectivity index (χ0) is 33.1. The summed E-state index contributed by atoms with van der Waals surface area (Å²) in [5.74, 6) is -6.91. The summed E-state index contributed by atoms with van der Waals surface area (Å²) in [4.78, 5) is 81.9. The summed E-state index contributed by atoms with van der Waals surface area (Å²) in [6, 6.07) is -2.70. The second-order valence-electron chi connectivity index (χ2n) is 9.29. The maximum absolute atomic E-state index is 13.1. The van der Waals surface area contributed by atoms with Gasteiger partial charge in [0.25, 0.3) is 17.7 Å². The molecule has 2 aromatic heterocycles. The van der Waals surface area contributed by atoms with Crippen molar-refractivity contribution >= 4 is 62.1 Å². The predicted molar refractivity (Wildman–Crippen MR) is 145 cm³/mol. The maximum Gasteiger partial charge on any atom is 0.362 e. The number of carbonyl (C=O) groups is 5. The number of β-lactam (4-membered cyclic amide) rings is 1. The van der Waals surface area contributed by atoms with Crippen LogP contribution in [0.1, 0.15) is 30.0 Å². The third kappa shape index (κ3) is 7.37. The number of rotatable bonds is 12. The number of thiazole rings is 1. The monoisotopic (exact) mass is 660 g/mol. The fourth-order valence-corrected chi connectivity index (χ4v) is 4.81. The van der Waals surface area contributed by atoms with Crippen LogP contribution in [0.4, 0.5) is 5.13 Å². The number of nitrogens with zero attached hydrogens (tertiary/aromatic N) is 4. The molecular weight excluding hydrogens is 636 g/mol. The number of anilines is 1. The third-order valence-corrected chi connectivity index (χ3v) is 7.35. The van der Waals surface area contributed by atoms with Crippen molar-refractivity contribution in [2.45, 2.75) is 31.5 Å². The topological polar surface area (TPSA) is 322 Å². The number of amides is 4. The molecule has 9 N–H and O–H groups in total. The van der Waals surface area contributed by atoms with E-state index in [4.69, 9.17) is 10.6 Å². The molecule has 1 saturated heterocycles. The Morgan fingerprint density at radius 3 is 2.45 bits per heavy atom.